The van der Waals surface area contributed by atoms with Crippen molar-refractivity contribution in [3.63, 3.8) is 0 Å². The molecular formula is C29H31ClFN5O. The number of nitrogens with zero attached hydrogens (tertiary/aromatic N) is 4. The fourth-order valence-corrected chi connectivity index (χ4v) is 4.89. The number of halogens is 2. The third kappa shape index (κ3) is 6.06. The molecule has 0 radical (unpaired) electrons. The summed E-state index contributed by atoms with van der Waals surface area (Å²) in [7, 11) is 1.73. The molecule has 5 rings (SSSR count). The lowest BCUT2D eigenvalue weighted by Crippen LogP contribution is -2.40. The maximum Gasteiger partial charge on any atom is 0.263 e. The van der Waals surface area contributed by atoms with Gasteiger partial charge in [-0.1, -0.05) is 42.5 Å². The maximum atomic E-state index is 13.6. The normalized spacial score (nSPS) is 14.2. The second kappa shape index (κ2) is 12.1. The molecule has 0 unspecified atom stereocenters. The molecule has 192 valence electrons. The predicted molar refractivity (Wildman–Crippen MR) is 149 cm³/mol. The average molecular weight is 520 g/mol. The summed E-state index contributed by atoms with van der Waals surface area (Å²) in [5.41, 5.74) is 3.51. The van der Waals surface area contributed by atoms with Gasteiger partial charge in [0, 0.05) is 37.6 Å². The summed E-state index contributed by atoms with van der Waals surface area (Å²) in [6, 6.07) is 20.4. The van der Waals surface area contributed by atoms with Gasteiger partial charge in [-0.2, -0.15) is 0 Å². The Hall–Kier alpha value is -3.55. The highest BCUT2D eigenvalue weighted by atomic mass is 35.5. The first-order chi connectivity index (χ1) is 17.6. The molecule has 1 N–H and O–H groups in total. The summed E-state index contributed by atoms with van der Waals surface area (Å²) in [5.74, 6) is 0.161. The molecule has 1 aliphatic heterocycles. The molecule has 1 atom stereocenters. The Bertz CT molecular complexity index is 1360. The zero-order valence-corrected chi connectivity index (χ0v) is 21.6. The van der Waals surface area contributed by atoms with Gasteiger partial charge in [-0.15, -0.1) is 12.4 Å². The Balaban J connectivity index is 0.00000320. The minimum atomic E-state index is -0.348. The van der Waals surface area contributed by atoms with Crippen LogP contribution in [0.2, 0.25) is 0 Å². The smallest absolute Gasteiger partial charge is 0.263 e. The molecule has 37 heavy (non-hydrogen) atoms. The van der Waals surface area contributed by atoms with Crippen LogP contribution in [0.15, 0.2) is 83.9 Å². The summed E-state index contributed by atoms with van der Waals surface area (Å²) in [5, 5.41) is 3.48. The van der Waals surface area contributed by atoms with Gasteiger partial charge in [-0.25, -0.2) is 9.37 Å². The first-order valence-electron chi connectivity index (χ1n) is 12.4. The number of hydrogen-bond donors (Lipinski definition) is 1. The molecule has 6 nitrogen and oxygen atoms in total. The third-order valence-electron chi connectivity index (χ3n) is 6.84. The lowest BCUT2D eigenvalue weighted by molar-refractivity contribution is 0.250. The van der Waals surface area contributed by atoms with Gasteiger partial charge in [0.1, 0.15) is 5.82 Å². The molecule has 8 heteroatoms. The fourth-order valence-electron chi connectivity index (χ4n) is 4.89. The van der Waals surface area contributed by atoms with Gasteiger partial charge in [-0.05, 0) is 67.7 Å². The van der Waals surface area contributed by atoms with Crippen molar-refractivity contribution in [2.75, 3.05) is 25.0 Å². The van der Waals surface area contributed by atoms with Crippen molar-refractivity contribution in [3.05, 3.63) is 101 Å². The fraction of sp³-hybridized carbons (Fsp3) is 0.276. The zero-order chi connectivity index (χ0) is 24.9. The van der Waals surface area contributed by atoms with E-state index in [1.807, 2.05) is 18.2 Å². The van der Waals surface area contributed by atoms with Crippen molar-refractivity contribution in [2.45, 2.75) is 25.3 Å². The largest absolute Gasteiger partial charge is 0.354 e. The van der Waals surface area contributed by atoms with E-state index in [9.17, 15) is 9.18 Å². The molecule has 1 fully saturated rings. The van der Waals surface area contributed by atoms with Crippen molar-refractivity contribution in [3.8, 4) is 22.4 Å². The van der Waals surface area contributed by atoms with Crippen LogP contribution in [0.4, 0.5) is 10.3 Å². The van der Waals surface area contributed by atoms with E-state index in [0.717, 1.165) is 25.1 Å². The van der Waals surface area contributed by atoms with Crippen molar-refractivity contribution in [1.82, 2.24) is 19.4 Å². The lowest BCUT2D eigenvalue weighted by atomic mass is 10.0. The number of likely N-dealkylation sites (tertiary alicyclic amines) is 1. The first-order valence-corrected chi connectivity index (χ1v) is 12.4. The Morgan fingerprint density at radius 3 is 2.30 bits per heavy atom. The van der Waals surface area contributed by atoms with E-state index in [1.54, 1.807) is 36.1 Å². The molecule has 3 heterocycles. The van der Waals surface area contributed by atoms with Crippen LogP contribution in [-0.4, -0.2) is 45.1 Å². The predicted octanol–water partition coefficient (Wildman–Crippen LogP) is 5.19. The quantitative estimate of drug-likeness (QED) is 0.347. The Kier molecular flexibility index (Phi) is 8.69. The van der Waals surface area contributed by atoms with Gasteiger partial charge in [0.05, 0.1) is 11.3 Å². The minimum Gasteiger partial charge on any atom is -0.354 e. The van der Waals surface area contributed by atoms with Gasteiger partial charge in [-0.3, -0.25) is 19.2 Å². The number of nitrogens with one attached hydrogen (secondary N) is 1. The van der Waals surface area contributed by atoms with E-state index >= 15 is 0 Å². The summed E-state index contributed by atoms with van der Waals surface area (Å²) in [6.45, 7) is 2.83. The number of rotatable bonds is 8. The van der Waals surface area contributed by atoms with Gasteiger partial charge < -0.3 is 5.32 Å². The highest BCUT2D eigenvalue weighted by molar-refractivity contribution is 5.85. The number of benzene rings is 2. The van der Waals surface area contributed by atoms with Crippen LogP contribution in [0.5, 0.6) is 0 Å². The second-order valence-corrected chi connectivity index (χ2v) is 9.23. The Morgan fingerprint density at radius 1 is 0.946 bits per heavy atom. The molecule has 2 aromatic carbocycles. The van der Waals surface area contributed by atoms with Crippen LogP contribution >= 0.6 is 12.4 Å². The molecule has 4 aromatic rings. The van der Waals surface area contributed by atoms with Gasteiger partial charge in [0.25, 0.3) is 5.56 Å². The molecule has 1 aliphatic rings. The Labute approximate surface area is 222 Å². The van der Waals surface area contributed by atoms with Crippen molar-refractivity contribution >= 4 is 18.4 Å². The van der Waals surface area contributed by atoms with Crippen molar-refractivity contribution in [1.29, 1.82) is 0 Å². The molecule has 0 bridgehead atoms. The number of aromatic nitrogens is 3. The van der Waals surface area contributed by atoms with Crippen molar-refractivity contribution in [2.24, 2.45) is 7.05 Å². The van der Waals surface area contributed by atoms with E-state index in [1.165, 1.54) is 30.5 Å². The SMILES string of the molecule is Cl.Cn1c(NC[C@@H](Cc2ccccc2)N2CCCC2)nc(-c2ccncc2)c(-c2ccc(F)cc2)c1=O. The topological polar surface area (TPSA) is 63.1 Å². The molecule has 0 amide bonds. The van der Waals surface area contributed by atoms with Crippen molar-refractivity contribution < 1.29 is 4.39 Å². The van der Waals surface area contributed by atoms with Gasteiger partial charge in [0.15, 0.2) is 0 Å². The van der Waals surface area contributed by atoms with E-state index in [4.69, 9.17) is 4.98 Å². The van der Waals surface area contributed by atoms with Crippen LogP contribution in [0.1, 0.15) is 18.4 Å². The van der Waals surface area contributed by atoms with Crippen LogP contribution in [0.3, 0.4) is 0 Å². The molecular weight excluding hydrogens is 489 g/mol. The van der Waals surface area contributed by atoms with E-state index < -0.39 is 0 Å². The molecule has 2 aromatic heterocycles. The summed E-state index contributed by atoms with van der Waals surface area (Å²) in [4.78, 5) is 25.2. The third-order valence-corrected chi connectivity index (χ3v) is 6.84. The molecule has 1 saturated heterocycles. The van der Waals surface area contributed by atoms with E-state index in [2.05, 4.69) is 39.5 Å². The standard InChI is InChI=1S/C29H30FN5O.ClH/c1-34-28(36)26(22-9-11-24(30)12-10-22)27(23-13-15-31-16-14-23)33-29(34)32-20-25(35-17-5-6-18-35)19-21-7-3-2-4-8-21;/h2-4,7-16,25H,5-6,17-20H2,1H3,(H,32,33);1H/t25-;/m1./s1. The minimum absolute atomic E-state index is 0. The number of hydrogen-bond acceptors (Lipinski definition) is 5. The maximum absolute atomic E-state index is 13.6. The van der Waals surface area contributed by atoms with Crippen LogP contribution in [0, 0.1) is 5.82 Å². The van der Waals surface area contributed by atoms with Gasteiger partial charge in [0.2, 0.25) is 5.95 Å². The summed E-state index contributed by atoms with van der Waals surface area (Å²) < 4.78 is 15.2. The highest BCUT2D eigenvalue weighted by Gasteiger charge is 2.24. The second-order valence-electron chi connectivity index (χ2n) is 9.23. The average Bonchev–Trinajstić information content (AvgIpc) is 3.45. The highest BCUT2D eigenvalue weighted by Crippen LogP contribution is 2.29. The molecule has 0 aliphatic carbocycles. The first kappa shape index (κ1) is 26.5. The number of anilines is 1. The monoisotopic (exact) mass is 519 g/mol. The van der Waals surface area contributed by atoms with E-state index in [-0.39, 0.29) is 29.8 Å². The van der Waals surface area contributed by atoms with E-state index in [0.29, 0.717) is 29.3 Å². The lowest BCUT2D eigenvalue weighted by Gasteiger charge is -2.28. The summed E-state index contributed by atoms with van der Waals surface area (Å²) >= 11 is 0. The summed E-state index contributed by atoms with van der Waals surface area (Å²) in [6.07, 6.45) is 6.70. The number of pyridine rings is 1. The van der Waals surface area contributed by atoms with Crippen LogP contribution in [0.25, 0.3) is 22.4 Å². The zero-order valence-electron chi connectivity index (χ0n) is 20.8. The molecule has 0 spiro atoms. The van der Waals surface area contributed by atoms with Crippen LogP contribution < -0.4 is 10.9 Å². The van der Waals surface area contributed by atoms with Gasteiger partial charge >= 0.3 is 0 Å². The molecule has 0 saturated carbocycles. The van der Waals surface area contributed by atoms with Crippen LogP contribution in [-0.2, 0) is 13.5 Å². The Morgan fingerprint density at radius 2 is 1.62 bits per heavy atom.